The molecule has 0 saturated heterocycles. The van der Waals surface area contributed by atoms with Gasteiger partial charge in [0.05, 0.1) is 6.61 Å². The summed E-state index contributed by atoms with van der Waals surface area (Å²) in [6.07, 6.45) is 4.74. The molecule has 0 aliphatic heterocycles. The lowest BCUT2D eigenvalue weighted by Gasteiger charge is -2.33. The third kappa shape index (κ3) is 4.42. The van der Waals surface area contributed by atoms with E-state index in [1.165, 1.54) is 24.1 Å². The van der Waals surface area contributed by atoms with Crippen LogP contribution < -0.4 is 10.2 Å². The van der Waals surface area contributed by atoms with E-state index in [4.69, 9.17) is 4.74 Å². The molecule has 21 heavy (non-hydrogen) atoms. The quantitative estimate of drug-likeness (QED) is 0.759. The Kier molecular flexibility index (Phi) is 6.00. The van der Waals surface area contributed by atoms with Crippen LogP contribution in [0.15, 0.2) is 12.3 Å². The number of pyridine rings is 1. The molecule has 0 aromatic carbocycles. The summed E-state index contributed by atoms with van der Waals surface area (Å²) in [7, 11) is 1.78. The maximum atomic E-state index is 5.32. The lowest BCUT2D eigenvalue weighted by atomic mass is 10.1. The van der Waals surface area contributed by atoms with Gasteiger partial charge in [0.2, 0.25) is 0 Å². The van der Waals surface area contributed by atoms with Crippen molar-refractivity contribution in [2.75, 3.05) is 31.7 Å². The minimum Gasteiger partial charge on any atom is -0.383 e. The van der Waals surface area contributed by atoms with Crippen LogP contribution in [-0.4, -0.2) is 37.8 Å². The number of rotatable bonds is 9. The van der Waals surface area contributed by atoms with Crippen LogP contribution in [-0.2, 0) is 11.3 Å². The smallest absolute Gasteiger partial charge is 0.0637 e. The Morgan fingerprint density at radius 1 is 1.48 bits per heavy atom. The molecular weight excluding hydrogens is 262 g/mol. The Morgan fingerprint density at radius 2 is 2.24 bits per heavy atom. The second-order valence-corrected chi connectivity index (χ2v) is 6.00. The van der Waals surface area contributed by atoms with Crippen LogP contribution in [0.5, 0.6) is 0 Å². The molecule has 2 rings (SSSR count). The van der Waals surface area contributed by atoms with E-state index >= 15 is 0 Å². The molecule has 1 atom stereocenters. The number of nitrogens with zero attached hydrogens (tertiary/aromatic N) is 2. The van der Waals surface area contributed by atoms with Crippen LogP contribution in [0, 0.1) is 12.8 Å². The van der Waals surface area contributed by atoms with Crippen molar-refractivity contribution in [2.24, 2.45) is 5.92 Å². The minimum atomic E-state index is 0.572. The van der Waals surface area contributed by atoms with Gasteiger partial charge in [-0.25, -0.2) is 0 Å². The highest BCUT2D eigenvalue weighted by molar-refractivity contribution is 5.54. The molecule has 1 aromatic rings. The van der Waals surface area contributed by atoms with Crippen molar-refractivity contribution in [1.29, 1.82) is 0 Å². The van der Waals surface area contributed by atoms with Crippen LogP contribution >= 0.6 is 0 Å². The zero-order valence-electron chi connectivity index (χ0n) is 13.9. The molecule has 1 heterocycles. The average molecular weight is 291 g/mol. The van der Waals surface area contributed by atoms with Gasteiger partial charge in [0.1, 0.15) is 0 Å². The Morgan fingerprint density at radius 3 is 2.86 bits per heavy atom. The maximum Gasteiger partial charge on any atom is 0.0637 e. The predicted molar refractivity (Wildman–Crippen MR) is 87.8 cm³/mol. The topological polar surface area (TPSA) is 37.4 Å². The van der Waals surface area contributed by atoms with Gasteiger partial charge < -0.3 is 15.0 Å². The van der Waals surface area contributed by atoms with Gasteiger partial charge in [0, 0.05) is 49.4 Å². The number of anilines is 1. The third-order valence-electron chi connectivity index (χ3n) is 4.31. The van der Waals surface area contributed by atoms with E-state index in [1.54, 1.807) is 7.11 Å². The summed E-state index contributed by atoms with van der Waals surface area (Å²) >= 11 is 0. The van der Waals surface area contributed by atoms with Gasteiger partial charge in [0.25, 0.3) is 0 Å². The number of hydrogen-bond acceptors (Lipinski definition) is 4. The SMILES string of the molecule is CCNCc1cnc(C)cc1N(CCOC)C(C)C1CC1. The van der Waals surface area contributed by atoms with Gasteiger partial charge in [-0.15, -0.1) is 0 Å². The summed E-state index contributed by atoms with van der Waals surface area (Å²) in [5.74, 6) is 0.835. The van der Waals surface area contributed by atoms with E-state index < -0.39 is 0 Å². The molecule has 4 heteroatoms. The van der Waals surface area contributed by atoms with Crippen molar-refractivity contribution < 1.29 is 4.74 Å². The number of aryl methyl sites for hydroxylation is 1. The van der Waals surface area contributed by atoms with E-state index in [1.807, 2.05) is 6.20 Å². The molecule has 0 radical (unpaired) electrons. The molecule has 1 aliphatic rings. The molecule has 118 valence electrons. The Hall–Kier alpha value is -1.13. The van der Waals surface area contributed by atoms with E-state index in [-0.39, 0.29) is 0 Å². The molecule has 4 nitrogen and oxygen atoms in total. The largest absolute Gasteiger partial charge is 0.383 e. The number of methoxy groups -OCH3 is 1. The zero-order chi connectivity index (χ0) is 15.2. The van der Waals surface area contributed by atoms with Crippen molar-refractivity contribution in [3.63, 3.8) is 0 Å². The molecular formula is C17H29N3O. The summed E-state index contributed by atoms with van der Waals surface area (Å²) in [5.41, 5.74) is 3.68. The van der Waals surface area contributed by atoms with E-state index in [2.05, 4.69) is 42.0 Å². The van der Waals surface area contributed by atoms with Crippen LogP contribution in [0.25, 0.3) is 0 Å². The van der Waals surface area contributed by atoms with Crippen molar-refractivity contribution in [2.45, 2.75) is 46.2 Å². The molecule has 0 bridgehead atoms. The number of nitrogens with one attached hydrogen (secondary N) is 1. The molecule has 1 unspecified atom stereocenters. The van der Waals surface area contributed by atoms with E-state index in [0.29, 0.717) is 6.04 Å². The van der Waals surface area contributed by atoms with Crippen molar-refractivity contribution in [3.05, 3.63) is 23.5 Å². The fraction of sp³-hybridized carbons (Fsp3) is 0.706. The van der Waals surface area contributed by atoms with Gasteiger partial charge in [-0.05, 0) is 45.2 Å². The monoisotopic (exact) mass is 291 g/mol. The van der Waals surface area contributed by atoms with E-state index in [9.17, 15) is 0 Å². The first kappa shape index (κ1) is 16.2. The summed E-state index contributed by atoms with van der Waals surface area (Å²) in [6.45, 7) is 10.1. The van der Waals surface area contributed by atoms with Gasteiger partial charge >= 0.3 is 0 Å². The molecule has 0 spiro atoms. The number of hydrogen-bond donors (Lipinski definition) is 1. The van der Waals surface area contributed by atoms with Crippen LogP contribution in [0.1, 0.15) is 37.9 Å². The number of ether oxygens (including phenoxy) is 1. The Labute approximate surface area is 128 Å². The van der Waals surface area contributed by atoms with Gasteiger partial charge in [-0.2, -0.15) is 0 Å². The van der Waals surface area contributed by atoms with Crippen molar-refractivity contribution in [3.8, 4) is 0 Å². The van der Waals surface area contributed by atoms with Gasteiger partial charge in [-0.3, -0.25) is 4.98 Å². The normalized spacial score (nSPS) is 16.0. The van der Waals surface area contributed by atoms with Crippen LogP contribution in [0.2, 0.25) is 0 Å². The van der Waals surface area contributed by atoms with E-state index in [0.717, 1.165) is 37.9 Å². The van der Waals surface area contributed by atoms with Gasteiger partial charge in [-0.1, -0.05) is 6.92 Å². The van der Waals surface area contributed by atoms with Crippen LogP contribution in [0.3, 0.4) is 0 Å². The molecule has 1 aliphatic carbocycles. The highest BCUT2D eigenvalue weighted by Gasteiger charge is 2.32. The lowest BCUT2D eigenvalue weighted by molar-refractivity contribution is 0.202. The highest BCUT2D eigenvalue weighted by Crippen LogP contribution is 2.37. The fourth-order valence-corrected chi connectivity index (χ4v) is 2.80. The maximum absolute atomic E-state index is 5.32. The first-order valence-electron chi connectivity index (χ1n) is 8.09. The average Bonchev–Trinajstić information content (AvgIpc) is 3.31. The molecule has 1 saturated carbocycles. The zero-order valence-corrected chi connectivity index (χ0v) is 13.9. The molecule has 1 aromatic heterocycles. The summed E-state index contributed by atoms with van der Waals surface area (Å²) in [6, 6.07) is 2.80. The summed E-state index contributed by atoms with van der Waals surface area (Å²) in [4.78, 5) is 6.99. The number of aromatic nitrogens is 1. The Balaban J connectivity index is 2.25. The molecule has 0 amide bonds. The standard InChI is InChI=1S/C17H29N3O/c1-5-18-11-16-12-19-13(2)10-17(16)20(8-9-21-4)14(3)15-6-7-15/h10,12,14-15,18H,5-9,11H2,1-4H3. The van der Waals surface area contributed by atoms with Gasteiger partial charge in [0.15, 0.2) is 0 Å². The summed E-state index contributed by atoms with van der Waals surface area (Å²) < 4.78 is 5.32. The van der Waals surface area contributed by atoms with Crippen LogP contribution in [0.4, 0.5) is 5.69 Å². The molecule has 1 fully saturated rings. The first-order valence-corrected chi connectivity index (χ1v) is 8.09. The third-order valence-corrected chi connectivity index (χ3v) is 4.31. The highest BCUT2D eigenvalue weighted by atomic mass is 16.5. The lowest BCUT2D eigenvalue weighted by Crippen LogP contribution is -2.38. The molecule has 1 N–H and O–H groups in total. The Bertz CT molecular complexity index is 446. The first-order chi connectivity index (χ1) is 10.2. The second-order valence-electron chi connectivity index (χ2n) is 6.00. The fourth-order valence-electron chi connectivity index (χ4n) is 2.80. The minimum absolute atomic E-state index is 0.572. The van der Waals surface area contributed by atoms with Crippen molar-refractivity contribution >= 4 is 5.69 Å². The second kappa shape index (κ2) is 7.76. The van der Waals surface area contributed by atoms with Crippen molar-refractivity contribution in [1.82, 2.24) is 10.3 Å². The summed E-state index contributed by atoms with van der Waals surface area (Å²) in [5, 5.41) is 3.42. The predicted octanol–water partition coefficient (Wildman–Crippen LogP) is 2.75.